The molecule has 2 saturated heterocycles. The van der Waals surface area contributed by atoms with Crippen molar-refractivity contribution in [1.29, 1.82) is 0 Å². The van der Waals surface area contributed by atoms with E-state index in [2.05, 4.69) is 40.9 Å². The molecular formula is C17H29N9. The standard InChI is InChI=1S/C17H29N9/c1-3-10-25(11-4-1)16-20-15(24-23-14-18-8-7-9-19-14)21-17(22-16)26-12-5-2-6-13-26/h1-13H2,(H2,18,19,23)(H,20,21,22,24). The molecule has 3 N–H and O–H groups in total. The maximum absolute atomic E-state index is 4.79. The normalized spacial score (nSPS) is 21.0. The van der Waals surface area contributed by atoms with Crippen LogP contribution in [0, 0.1) is 0 Å². The lowest BCUT2D eigenvalue weighted by molar-refractivity contribution is 0.556. The zero-order valence-electron chi connectivity index (χ0n) is 15.4. The van der Waals surface area contributed by atoms with E-state index in [1.165, 1.54) is 38.5 Å². The molecule has 4 rings (SSSR count). The van der Waals surface area contributed by atoms with Gasteiger partial charge in [-0.25, -0.2) is 0 Å². The van der Waals surface area contributed by atoms with Crippen molar-refractivity contribution in [2.45, 2.75) is 44.9 Å². The van der Waals surface area contributed by atoms with Gasteiger partial charge in [0.05, 0.1) is 0 Å². The fourth-order valence-corrected chi connectivity index (χ4v) is 3.61. The Morgan fingerprint density at radius 3 is 1.85 bits per heavy atom. The Hall–Kier alpha value is -2.32. The van der Waals surface area contributed by atoms with Crippen LogP contribution >= 0.6 is 0 Å². The number of hydrazine groups is 1. The Bertz CT molecular complexity index is 584. The number of aliphatic imine (C=N–C) groups is 1. The highest BCUT2D eigenvalue weighted by Gasteiger charge is 2.20. The zero-order valence-corrected chi connectivity index (χ0v) is 15.4. The number of aromatic nitrogens is 3. The molecule has 0 saturated carbocycles. The minimum absolute atomic E-state index is 0.552. The van der Waals surface area contributed by atoms with Gasteiger partial charge >= 0.3 is 0 Å². The van der Waals surface area contributed by atoms with Gasteiger partial charge in [-0.2, -0.15) is 15.0 Å². The number of hydrogen-bond acceptors (Lipinski definition) is 9. The largest absolute Gasteiger partial charge is 0.355 e. The summed E-state index contributed by atoms with van der Waals surface area (Å²) in [5.74, 6) is 2.86. The van der Waals surface area contributed by atoms with Crippen LogP contribution in [0.2, 0.25) is 0 Å². The molecule has 0 radical (unpaired) electrons. The smallest absolute Gasteiger partial charge is 0.248 e. The molecule has 142 valence electrons. The Kier molecular flexibility index (Phi) is 5.51. The molecule has 0 spiro atoms. The quantitative estimate of drug-likeness (QED) is 0.689. The van der Waals surface area contributed by atoms with Crippen molar-refractivity contribution in [3.8, 4) is 0 Å². The molecule has 9 heteroatoms. The van der Waals surface area contributed by atoms with Gasteiger partial charge in [-0.15, -0.1) is 0 Å². The molecule has 9 nitrogen and oxygen atoms in total. The Morgan fingerprint density at radius 1 is 0.692 bits per heavy atom. The van der Waals surface area contributed by atoms with Crippen molar-refractivity contribution >= 4 is 23.8 Å². The highest BCUT2D eigenvalue weighted by atomic mass is 15.5. The molecule has 0 atom stereocenters. The summed E-state index contributed by atoms with van der Waals surface area (Å²) >= 11 is 0. The minimum Gasteiger partial charge on any atom is -0.355 e. The Morgan fingerprint density at radius 2 is 1.31 bits per heavy atom. The van der Waals surface area contributed by atoms with E-state index in [0.29, 0.717) is 5.95 Å². The van der Waals surface area contributed by atoms with E-state index in [4.69, 9.17) is 4.98 Å². The third-order valence-electron chi connectivity index (χ3n) is 5.08. The molecule has 1 aromatic rings. The summed E-state index contributed by atoms with van der Waals surface area (Å²) in [7, 11) is 0. The lowest BCUT2D eigenvalue weighted by Gasteiger charge is -2.30. The van der Waals surface area contributed by atoms with Crippen molar-refractivity contribution in [1.82, 2.24) is 25.7 Å². The second kappa shape index (κ2) is 8.37. The van der Waals surface area contributed by atoms with Crippen LogP contribution in [0.1, 0.15) is 44.9 Å². The first-order chi connectivity index (χ1) is 12.9. The average molecular weight is 359 g/mol. The fraction of sp³-hybridized carbons (Fsp3) is 0.765. The third kappa shape index (κ3) is 4.25. The molecule has 3 aliphatic heterocycles. The van der Waals surface area contributed by atoms with E-state index in [1.807, 2.05) is 0 Å². The third-order valence-corrected chi connectivity index (χ3v) is 5.08. The molecule has 1 aromatic heterocycles. The number of anilines is 3. The summed E-state index contributed by atoms with van der Waals surface area (Å²) in [6, 6.07) is 0. The summed E-state index contributed by atoms with van der Waals surface area (Å²) in [4.78, 5) is 23.1. The lowest BCUT2D eigenvalue weighted by Crippen LogP contribution is -2.44. The molecule has 0 bridgehead atoms. The van der Waals surface area contributed by atoms with E-state index in [0.717, 1.165) is 63.5 Å². The van der Waals surface area contributed by atoms with Gasteiger partial charge in [-0.05, 0) is 44.9 Å². The topological polar surface area (TPSA) is 93.6 Å². The fourth-order valence-electron chi connectivity index (χ4n) is 3.61. The monoisotopic (exact) mass is 359 g/mol. The first-order valence-electron chi connectivity index (χ1n) is 9.95. The lowest BCUT2D eigenvalue weighted by atomic mass is 10.1. The molecular weight excluding hydrogens is 330 g/mol. The maximum atomic E-state index is 4.79. The highest BCUT2D eigenvalue weighted by Crippen LogP contribution is 2.22. The molecule has 2 fully saturated rings. The Labute approximate surface area is 154 Å². The van der Waals surface area contributed by atoms with Crippen molar-refractivity contribution < 1.29 is 0 Å². The van der Waals surface area contributed by atoms with Crippen LogP contribution in [0.3, 0.4) is 0 Å². The highest BCUT2D eigenvalue weighted by molar-refractivity contribution is 5.81. The minimum atomic E-state index is 0.552. The predicted octanol–water partition coefficient (Wildman–Crippen LogP) is 1.12. The van der Waals surface area contributed by atoms with E-state index < -0.39 is 0 Å². The van der Waals surface area contributed by atoms with Gasteiger partial charge in [0, 0.05) is 39.3 Å². The molecule has 0 aliphatic carbocycles. The van der Waals surface area contributed by atoms with Crippen LogP contribution in [0.15, 0.2) is 4.99 Å². The summed E-state index contributed by atoms with van der Waals surface area (Å²) in [6.07, 6.45) is 8.45. The van der Waals surface area contributed by atoms with Gasteiger partial charge in [0.15, 0.2) is 0 Å². The first kappa shape index (κ1) is 17.1. The van der Waals surface area contributed by atoms with Crippen LogP contribution in [0.5, 0.6) is 0 Å². The molecule has 26 heavy (non-hydrogen) atoms. The second-order valence-electron chi connectivity index (χ2n) is 7.12. The number of hydrogen-bond donors (Lipinski definition) is 3. The molecule has 0 amide bonds. The summed E-state index contributed by atoms with van der Waals surface area (Å²) in [5.41, 5.74) is 6.21. The van der Waals surface area contributed by atoms with Crippen molar-refractivity contribution in [3.63, 3.8) is 0 Å². The number of nitrogens with one attached hydrogen (secondary N) is 3. The number of piperidine rings is 2. The predicted molar refractivity (Wildman–Crippen MR) is 104 cm³/mol. The average Bonchev–Trinajstić information content (AvgIpc) is 2.74. The number of guanidine groups is 1. The van der Waals surface area contributed by atoms with Gasteiger partial charge in [0.2, 0.25) is 23.8 Å². The van der Waals surface area contributed by atoms with Gasteiger partial charge in [0.25, 0.3) is 0 Å². The van der Waals surface area contributed by atoms with E-state index >= 15 is 0 Å². The van der Waals surface area contributed by atoms with Crippen molar-refractivity contribution in [2.24, 2.45) is 4.99 Å². The van der Waals surface area contributed by atoms with Gasteiger partial charge in [-0.3, -0.25) is 15.8 Å². The van der Waals surface area contributed by atoms with E-state index in [-0.39, 0.29) is 0 Å². The van der Waals surface area contributed by atoms with E-state index in [1.54, 1.807) is 0 Å². The van der Waals surface area contributed by atoms with Crippen LogP contribution in [-0.4, -0.2) is 60.2 Å². The van der Waals surface area contributed by atoms with E-state index in [9.17, 15) is 0 Å². The molecule has 0 aromatic carbocycles. The molecule has 3 aliphatic rings. The van der Waals surface area contributed by atoms with Gasteiger partial charge in [0.1, 0.15) is 0 Å². The molecule has 4 heterocycles. The van der Waals surface area contributed by atoms with Crippen LogP contribution in [-0.2, 0) is 0 Å². The van der Waals surface area contributed by atoms with Crippen LogP contribution < -0.4 is 26.0 Å². The Balaban J connectivity index is 1.53. The second-order valence-corrected chi connectivity index (χ2v) is 7.12. The number of nitrogens with zero attached hydrogens (tertiary/aromatic N) is 6. The zero-order chi connectivity index (χ0) is 17.6. The maximum Gasteiger partial charge on any atom is 0.248 e. The SMILES string of the molecule is C1CCN(c2nc(NNC3=NCCCN3)nc(N3CCCCC3)n2)CC1. The van der Waals surface area contributed by atoms with Crippen LogP contribution in [0.4, 0.5) is 17.8 Å². The van der Waals surface area contributed by atoms with Crippen LogP contribution in [0.25, 0.3) is 0 Å². The van der Waals surface area contributed by atoms with Gasteiger partial charge in [-0.1, -0.05) is 0 Å². The van der Waals surface area contributed by atoms with Gasteiger partial charge < -0.3 is 15.1 Å². The van der Waals surface area contributed by atoms with Crippen molar-refractivity contribution in [2.75, 3.05) is 54.5 Å². The van der Waals surface area contributed by atoms with Crippen molar-refractivity contribution in [3.05, 3.63) is 0 Å². The summed E-state index contributed by atoms with van der Waals surface area (Å²) in [5, 5.41) is 3.23. The number of rotatable bonds is 4. The molecule has 0 unspecified atom stereocenters. The first-order valence-corrected chi connectivity index (χ1v) is 9.95. The summed E-state index contributed by atoms with van der Waals surface area (Å²) < 4.78 is 0. The summed E-state index contributed by atoms with van der Waals surface area (Å²) in [6.45, 7) is 5.85.